The van der Waals surface area contributed by atoms with E-state index in [2.05, 4.69) is 32.7 Å². The molecule has 1 amide bonds. The highest BCUT2D eigenvalue weighted by Crippen LogP contribution is 2.23. The standard InChI is InChI=1S/C16H28N6O2S/c1-5-17-13(23)11-16(3,4)15(25)18-14-12-22(19-24-14)21-9-7-20(6-2)8-10-21/h12H,5-11H2,1-4H3,(H-,17,18,19,23,25)/p+1. The molecule has 2 rings (SSSR count). The summed E-state index contributed by atoms with van der Waals surface area (Å²) in [6.07, 6.45) is 2.11. The summed E-state index contributed by atoms with van der Waals surface area (Å²) in [5.74, 6) is 0.463. The van der Waals surface area contributed by atoms with Gasteiger partial charge in [0.05, 0.1) is 22.9 Å². The van der Waals surface area contributed by atoms with E-state index in [1.165, 1.54) is 0 Å². The molecule has 0 spiro atoms. The van der Waals surface area contributed by atoms with Crippen LogP contribution in [0, 0.1) is 5.41 Å². The van der Waals surface area contributed by atoms with Crippen LogP contribution >= 0.6 is 12.2 Å². The number of thiocarbonyl (C=S) groups is 1. The van der Waals surface area contributed by atoms with Gasteiger partial charge in [0.2, 0.25) is 11.2 Å². The number of hydrogen-bond donors (Lipinski definition) is 2. The summed E-state index contributed by atoms with van der Waals surface area (Å²) in [6, 6.07) is 0. The average Bonchev–Trinajstić information content (AvgIpc) is 3.03. The Kier molecular flexibility index (Phi) is 6.71. The van der Waals surface area contributed by atoms with Gasteiger partial charge in [0.15, 0.2) is 0 Å². The van der Waals surface area contributed by atoms with Crippen molar-refractivity contribution >= 4 is 29.0 Å². The van der Waals surface area contributed by atoms with Crippen molar-refractivity contribution in [1.29, 1.82) is 0 Å². The van der Waals surface area contributed by atoms with Gasteiger partial charge >= 0.3 is 5.88 Å². The van der Waals surface area contributed by atoms with Crippen molar-refractivity contribution in [2.45, 2.75) is 34.1 Å². The molecule has 140 valence electrons. The highest BCUT2D eigenvalue weighted by molar-refractivity contribution is 7.80. The second kappa shape index (κ2) is 8.57. The Labute approximate surface area is 154 Å². The summed E-state index contributed by atoms with van der Waals surface area (Å²) in [4.78, 5) is 16.5. The molecule has 8 nitrogen and oxygen atoms in total. The number of nitrogens with one attached hydrogen (secondary N) is 2. The summed E-state index contributed by atoms with van der Waals surface area (Å²) in [7, 11) is 0. The van der Waals surface area contributed by atoms with Crippen LogP contribution in [0.3, 0.4) is 0 Å². The fraction of sp³-hybridized carbons (Fsp3) is 0.750. The van der Waals surface area contributed by atoms with Crippen LogP contribution < -0.4 is 20.4 Å². The third-order valence-electron chi connectivity index (χ3n) is 4.37. The Balaban J connectivity index is 1.92. The van der Waals surface area contributed by atoms with Crippen molar-refractivity contribution in [3.8, 4) is 0 Å². The van der Waals surface area contributed by atoms with Gasteiger partial charge < -0.3 is 10.6 Å². The van der Waals surface area contributed by atoms with Crippen molar-refractivity contribution in [1.82, 2.24) is 15.5 Å². The van der Waals surface area contributed by atoms with Crippen LogP contribution in [0.1, 0.15) is 34.1 Å². The predicted octanol–water partition coefficient (Wildman–Crippen LogP) is 0.527. The van der Waals surface area contributed by atoms with Crippen LogP contribution in [0.5, 0.6) is 0 Å². The molecule has 1 aliphatic rings. The van der Waals surface area contributed by atoms with Crippen molar-refractivity contribution in [3.05, 3.63) is 6.20 Å². The van der Waals surface area contributed by atoms with E-state index in [-0.39, 0.29) is 5.91 Å². The molecule has 25 heavy (non-hydrogen) atoms. The molecule has 0 radical (unpaired) electrons. The fourth-order valence-corrected chi connectivity index (χ4v) is 2.88. The zero-order chi connectivity index (χ0) is 18.4. The van der Waals surface area contributed by atoms with Gasteiger partial charge in [0, 0.05) is 31.5 Å². The molecule has 0 atom stereocenters. The van der Waals surface area contributed by atoms with E-state index in [0.29, 0.717) is 23.8 Å². The first kappa shape index (κ1) is 19.6. The summed E-state index contributed by atoms with van der Waals surface area (Å²) in [5.41, 5.74) is -0.473. The highest BCUT2D eigenvalue weighted by Gasteiger charge is 2.30. The third-order valence-corrected chi connectivity index (χ3v) is 5.02. The summed E-state index contributed by atoms with van der Waals surface area (Å²) in [5, 5.41) is 12.1. The predicted molar refractivity (Wildman–Crippen MR) is 100 cm³/mol. The minimum atomic E-state index is -0.473. The molecule has 1 fully saturated rings. The molecule has 0 bridgehead atoms. The van der Waals surface area contributed by atoms with Crippen LogP contribution in [-0.2, 0) is 4.79 Å². The van der Waals surface area contributed by atoms with Gasteiger partial charge in [0.1, 0.15) is 0 Å². The largest absolute Gasteiger partial charge is 0.356 e. The number of hydrogen-bond acceptors (Lipinski definition) is 6. The molecule has 1 saturated heterocycles. The zero-order valence-corrected chi connectivity index (χ0v) is 16.4. The van der Waals surface area contributed by atoms with Crippen LogP contribution in [0.4, 0.5) is 5.88 Å². The van der Waals surface area contributed by atoms with Gasteiger partial charge in [-0.3, -0.25) is 14.2 Å². The fourth-order valence-electron chi connectivity index (χ4n) is 2.71. The van der Waals surface area contributed by atoms with Crippen molar-refractivity contribution in [2.24, 2.45) is 5.41 Å². The number of aromatic nitrogens is 2. The minimum absolute atomic E-state index is 0.0157. The topological polar surface area (TPSA) is 77.5 Å². The van der Waals surface area contributed by atoms with Crippen LogP contribution in [-0.4, -0.2) is 60.3 Å². The Morgan fingerprint density at radius 2 is 2.04 bits per heavy atom. The van der Waals surface area contributed by atoms with Crippen molar-refractivity contribution in [3.63, 3.8) is 0 Å². The lowest BCUT2D eigenvalue weighted by molar-refractivity contribution is -0.759. The molecule has 9 heteroatoms. The van der Waals surface area contributed by atoms with E-state index in [4.69, 9.17) is 16.7 Å². The van der Waals surface area contributed by atoms with Crippen LogP contribution in [0.25, 0.3) is 0 Å². The number of carbonyl (C=O) groups excluding carboxylic acids is 1. The molecule has 1 aromatic heterocycles. The monoisotopic (exact) mass is 369 g/mol. The van der Waals surface area contributed by atoms with Gasteiger partial charge in [0.25, 0.3) is 6.20 Å². The molecule has 0 unspecified atom stereocenters. The second-order valence-corrected chi connectivity index (χ2v) is 7.25. The molecule has 0 aromatic carbocycles. The maximum Gasteiger partial charge on any atom is 0.304 e. The summed E-state index contributed by atoms with van der Waals surface area (Å²) >= 11 is 5.46. The number of likely N-dealkylation sites (N-methyl/N-ethyl adjacent to an activating group) is 1. The van der Waals surface area contributed by atoms with Gasteiger partial charge in [-0.15, -0.1) is 0 Å². The summed E-state index contributed by atoms with van der Waals surface area (Å²) in [6.45, 7) is 13.4. The third kappa shape index (κ3) is 5.37. The number of amides is 1. The van der Waals surface area contributed by atoms with E-state index < -0.39 is 5.41 Å². The molecule has 2 heterocycles. The van der Waals surface area contributed by atoms with Gasteiger partial charge in [-0.05, 0) is 13.5 Å². The molecule has 0 aliphatic carbocycles. The normalized spacial score (nSPS) is 15.9. The molecule has 1 aromatic rings. The molecule has 1 aliphatic heterocycles. The first-order chi connectivity index (χ1) is 11.9. The van der Waals surface area contributed by atoms with E-state index in [1.807, 2.05) is 20.8 Å². The summed E-state index contributed by atoms with van der Waals surface area (Å²) < 4.78 is 5.35. The lowest BCUT2D eigenvalue weighted by Crippen LogP contribution is -2.65. The molecular weight excluding hydrogens is 340 g/mol. The number of nitrogens with zero attached hydrogens (tertiary/aromatic N) is 4. The Morgan fingerprint density at radius 1 is 1.36 bits per heavy atom. The van der Waals surface area contributed by atoms with Crippen molar-refractivity contribution < 1.29 is 14.1 Å². The Hall–Kier alpha value is -1.74. The first-order valence-corrected chi connectivity index (χ1v) is 9.21. The Morgan fingerprint density at radius 3 is 2.64 bits per heavy atom. The highest BCUT2D eigenvalue weighted by atomic mass is 32.1. The quantitative estimate of drug-likeness (QED) is 0.536. The maximum atomic E-state index is 11.8. The van der Waals surface area contributed by atoms with E-state index in [9.17, 15) is 4.79 Å². The maximum absolute atomic E-state index is 11.8. The second-order valence-electron chi connectivity index (χ2n) is 6.84. The lowest BCUT2D eigenvalue weighted by Gasteiger charge is -2.28. The smallest absolute Gasteiger partial charge is 0.304 e. The lowest BCUT2D eigenvalue weighted by atomic mass is 9.88. The molecule has 2 N–H and O–H groups in total. The SMILES string of the molecule is CCNC(=O)CC(C)(C)C(=S)Nc1c[n+](N2CCN(CC)CC2)no1. The van der Waals surface area contributed by atoms with E-state index in [1.54, 1.807) is 11.0 Å². The number of piperazine rings is 1. The Bertz CT molecular complexity index is 595. The number of carbonyl (C=O) groups is 1. The van der Waals surface area contributed by atoms with Gasteiger partial charge in [-0.25, -0.2) is 0 Å². The first-order valence-electron chi connectivity index (χ1n) is 8.80. The van der Waals surface area contributed by atoms with Crippen LogP contribution in [0.15, 0.2) is 10.7 Å². The number of rotatable bonds is 7. The minimum Gasteiger partial charge on any atom is -0.356 e. The van der Waals surface area contributed by atoms with Crippen LogP contribution in [0.2, 0.25) is 0 Å². The molecular formula is C16H29N6O2S+. The van der Waals surface area contributed by atoms with Crippen molar-refractivity contribution in [2.75, 3.05) is 49.6 Å². The molecule has 0 saturated carbocycles. The van der Waals surface area contributed by atoms with E-state index >= 15 is 0 Å². The average molecular weight is 370 g/mol. The number of anilines is 1. The zero-order valence-electron chi connectivity index (χ0n) is 15.5. The van der Waals surface area contributed by atoms with E-state index in [0.717, 1.165) is 32.7 Å². The van der Waals surface area contributed by atoms with Gasteiger partial charge in [-0.1, -0.05) is 33.0 Å². The van der Waals surface area contributed by atoms with Gasteiger partial charge in [-0.2, -0.15) is 5.01 Å².